The Bertz CT molecular complexity index is 722. The summed E-state index contributed by atoms with van der Waals surface area (Å²) in [6, 6.07) is 8.13. The van der Waals surface area contributed by atoms with Crippen LogP contribution in [0, 0.1) is 6.92 Å². The van der Waals surface area contributed by atoms with Crippen LogP contribution in [0.1, 0.15) is 15.9 Å². The van der Waals surface area contributed by atoms with Crippen molar-refractivity contribution in [2.75, 3.05) is 11.8 Å². The van der Waals surface area contributed by atoms with Gasteiger partial charge in [-0.1, -0.05) is 12.1 Å². The van der Waals surface area contributed by atoms with Gasteiger partial charge in [-0.2, -0.15) is 0 Å². The molecule has 0 spiro atoms. The summed E-state index contributed by atoms with van der Waals surface area (Å²) in [5, 5.41) is 4.22. The van der Waals surface area contributed by atoms with Crippen LogP contribution in [0.2, 0.25) is 0 Å². The van der Waals surface area contributed by atoms with E-state index in [0.29, 0.717) is 16.8 Å². The zero-order chi connectivity index (χ0) is 14.8. The molecule has 0 atom stereocenters. The molecule has 2 N–H and O–H groups in total. The molecule has 1 heterocycles. The second kappa shape index (κ2) is 5.64. The molecule has 0 fully saturated rings. The molecule has 0 bridgehead atoms. The van der Waals surface area contributed by atoms with Crippen LogP contribution in [0.15, 0.2) is 39.9 Å². The number of anilines is 1. The van der Waals surface area contributed by atoms with E-state index in [2.05, 4.69) is 10.0 Å². The minimum absolute atomic E-state index is 0.238. The van der Waals surface area contributed by atoms with Crippen molar-refractivity contribution in [2.24, 2.45) is 0 Å². The van der Waals surface area contributed by atoms with E-state index < -0.39 is 10.0 Å². The molecule has 2 aromatic rings. The van der Waals surface area contributed by atoms with Gasteiger partial charge < -0.3 is 5.32 Å². The van der Waals surface area contributed by atoms with Crippen LogP contribution in [0.3, 0.4) is 0 Å². The third-order valence-electron chi connectivity index (χ3n) is 2.81. The van der Waals surface area contributed by atoms with Crippen LogP contribution in [-0.4, -0.2) is 21.4 Å². The normalized spacial score (nSPS) is 11.1. The van der Waals surface area contributed by atoms with E-state index in [1.165, 1.54) is 13.1 Å². The molecule has 0 aliphatic heterocycles. The topological polar surface area (TPSA) is 75.3 Å². The smallest absolute Gasteiger partial charge is 0.271 e. The molecular formula is C13H14N2O3S2. The molecule has 2 rings (SSSR count). The summed E-state index contributed by atoms with van der Waals surface area (Å²) in [6.45, 7) is 1.71. The number of hydrogen-bond donors (Lipinski definition) is 2. The van der Waals surface area contributed by atoms with E-state index >= 15 is 0 Å². The summed E-state index contributed by atoms with van der Waals surface area (Å²) in [5.74, 6) is -0.250. The summed E-state index contributed by atoms with van der Waals surface area (Å²) in [5.41, 5.74) is 1.44. The molecular weight excluding hydrogens is 296 g/mol. The SMILES string of the molecule is CNC(=O)c1cccc(NS(=O)(=O)c2cccs2)c1C. The minimum atomic E-state index is -3.60. The lowest BCUT2D eigenvalue weighted by Crippen LogP contribution is -2.20. The molecule has 1 aromatic heterocycles. The van der Waals surface area contributed by atoms with Gasteiger partial charge in [-0.25, -0.2) is 8.42 Å². The summed E-state index contributed by atoms with van der Waals surface area (Å²) >= 11 is 1.14. The largest absolute Gasteiger partial charge is 0.355 e. The van der Waals surface area contributed by atoms with E-state index in [9.17, 15) is 13.2 Å². The number of sulfonamides is 1. The Morgan fingerprint density at radius 1 is 1.20 bits per heavy atom. The number of thiophene rings is 1. The van der Waals surface area contributed by atoms with Crippen LogP contribution in [-0.2, 0) is 10.0 Å². The number of nitrogens with one attached hydrogen (secondary N) is 2. The minimum Gasteiger partial charge on any atom is -0.355 e. The van der Waals surface area contributed by atoms with Gasteiger partial charge in [0.15, 0.2) is 0 Å². The highest BCUT2D eigenvalue weighted by molar-refractivity contribution is 7.94. The van der Waals surface area contributed by atoms with Gasteiger partial charge in [0.1, 0.15) is 4.21 Å². The first-order chi connectivity index (χ1) is 9.45. The average Bonchev–Trinajstić information content (AvgIpc) is 2.95. The fraction of sp³-hybridized carbons (Fsp3) is 0.154. The number of amides is 1. The molecule has 0 unspecified atom stereocenters. The summed E-state index contributed by atoms with van der Waals surface area (Å²) in [6.07, 6.45) is 0. The standard InChI is InChI=1S/C13H14N2O3S2/c1-9-10(13(16)14-2)5-3-6-11(9)15-20(17,18)12-7-4-8-19-12/h3-8,15H,1-2H3,(H,14,16). The number of rotatable bonds is 4. The van der Waals surface area contributed by atoms with Gasteiger partial charge in [0.25, 0.3) is 15.9 Å². The molecule has 7 heteroatoms. The Morgan fingerprint density at radius 3 is 2.55 bits per heavy atom. The van der Waals surface area contributed by atoms with Crippen LogP contribution in [0.5, 0.6) is 0 Å². The Hall–Kier alpha value is -1.86. The second-order valence-electron chi connectivity index (χ2n) is 4.09. The third kappa shape index (κ3) is 2.83. The summed E-state index contributed by atoms with van der Waals surface area (Å²) < 4.78 is 27.1. The summed E-state index contributed by atoms with van der Waals surface area (Å²) in [7, 11) is -2.07. The van der Waals surface area contributed by atoms with E-state index in [-0.39, 0.29) is 10.1 Å². The van der Waals surface area contributed by atoms with E-state index in [1.54, 1.807) is 36.6 Å². The van der Waals surface area contributed by atoms with Gasteiger partial charge in [0, 0.05) is 12.6 Å². The van der Waals surface area contributed by atoms with E-state index in [1.807, 2.05) is 0 Å². The maximum absolute atomic E-state index is 12.2. The number of hydrogen-bond acceptors (Lipinski definition) is 4. The molecule has 0 saturated carbocycles. The van der Waals surface area contributed by atoms with Crippen LogP contribution in [0.25, 0.3) is 0 Å². The predicted octanol–water partition coefficient (Wildman–Crippen LogP) is 2.22. The maximum Gasteiger partial charge on any atom is 0.271 e. The van der Waals surface area contributed by atoms with Crippen molar-refractivity contribution >= 4 is 33.0 Å². The number of carbonyl (C=O) groups is 1. The average molecular weight is 310 g/mol. The van der Waals surface area contributed by atoms with Crippen LogP contribution < -0.4 is 10.0 Å². The van der Waals surface area contributed by atoms with Crippen molar-refractivity contribution in [1.29, 1.82) is 0 Å². The van der Waals surface area contributed by atoms with Gasteiger partial charge in [0.05, 0.1) is 5.69 Å². The zero-order valence-corrected chi connectivity index (χ0v) is 12.6. The Morgan fingerprint density at radius 2 is 1.95 bits per heavy atom. The van der Waals surface area contributed by atoms with Crippen LogP contribution >= 0.6 is 11.3 Å². The quantitative estimate of drug-likeness (QED) is 0.909. The van der Waals surface area contributed by atoms with Crippen molar-refractivity contribution in [3.63, 3.8) is 0 Å². The molecule has 1 aromatic carbocycles. The monoisotopic (exact) mass is 310 g/mol. The molecule has 0 aliphatic carbocycles. The zero-order valence-electron chi connectivity index (χ0n) is 11.0. The van der Waals surface area contributed by atoms with Crippen LogP contribution in [0.4, 0.5) is 5.69 Å². The van der Waals surface area contributed by atoms with E-state index in [4.69, 9.17) is 0 Å². The first kappa shape index (κ1) is 14.5. The number of benzene rings is 1. The van der Waals surface area contributed by atoms with E-state index in [0.717, 1.165) is 11.3 Å². The van der Waals surface area contributed by atoms with Crippen molar-refractivity contribution < 1.29 is 13.2 Å². The first-order valence-corrected chi connectivity index (χ1v) is 8.20. The highest BCUT2D eigenvalue weighted by Crippen LogP contribution is 2.24. The fourth-order valence-electron chi connectivity index (χ4n) is 1.74. The molecule has 5 nitrogen and oxygen atoms in total. The number of carbonyl (C=O) groups excluding carboxylic acids is 1. The van der Waals surface area contributed by atoms with Gasteiger partial charge in [-0.3, -0.25) is 9.52 Å². The lowest BCUT2D eigenvalue weighted by molar-refractivity contribution is 0.0962. The van der Waals surface area contributed by atoms with Crippen molar-refractivity contribution in [3.8, 4) is 0 Å². The lowest BCUT2D eigenvalue weighted by Gasteiger charge is -2.12. The maximum atomic E-state index is 12.2. The molecule has 0 radical (unpaired) electrons. The Balaban J connectivity index is 2.38. The highest BCUT2D eigenvalue weighted by Gasteiger charge is 2.18. The fourth-order valence-corrected chi connectivity index (χ4v) is 3.85. The first-order valence-electron chi connectivity index (χ1n) is 5.83. The predicted molar refractivity (Wildman–Crippen MR) is 79.7 cm³/mol. The molecule has 0 saturated heterocycles. The van der Waals surface area contributed by atoms with Gasteiger partial charge in [-0.05, 0) is 36.1 Å². The van der Waals surface area contributed by atoms with Gasteiger partial charge in [0.2, 0.25) is 0 Å². The van der Waals surface area contributed by atoms with Gasteiger partial charge in [-0.15, -0.1) is 11.3 Å². The summed E-state index contributed by atoms with van der Waals surface area (Å²) in [4.78, 5) is 11.7. The van der Waals surface area contributed by atoms with Crippen molar-refractivity contribution in [3.05, 3.63) is 46.8 Å². The Labute approximate surface area is 121 Å². The van der Waals surface area contributed by atoms with Gasteiger partial charge >= 0.3 is 0 Å². The second-order valence-corrected chi connectivity index (χ2v) is 6.95. The molecule has 20 heavy (non-hydrogen) atoms. The highest BCUT2D eigenvalue weighted by atomic mass is 32.2. The molecule has 106 valence electrons. The Kier molecular flexibility index (Phi) is 4.10. The molecule has 1 amide bonds. The van der Waals surface area contributed by atoms with Crippen molar-refractivity contribution in [2.45, 2.75) is 11.1 Å². The van der Waals surface area contributed by atoms with Crippen molar-refractivity contribution in [1.82, 2.24) is 5.32 Å². The molecule has 0 aliphatic rings. The lowest BCUT2D eigenvalue weighted by atomic mass is 10.1. The third-order valence-corrected chi connectivity index (χ3v) is 5.57.